The van der Waals surface area contributed by atoms with E-state index in [-0.39, 0.29) is 11.9 Å². The molecule has 0 aliphatic carbocycles. The Hall–Kier alpha value is -2.07. The quantitative estimate of drug-likeness (QED) is 0.869. The molecule has 1 atom stereocenters. The maximum Gasteiger partial charge on any atom is 0.128 e. The smallest absolute Gasteiger partial charge is 0.128 e. The first kappa shape index (κ1) is 13.4. The lowest BCUT2D eigenvalue weighted by atomic mass is 10.1. The van der Waals surface area contributed by atoms with E-state index in [1.54, 1.807) is 25.3 Å². The number of benzene rings is 2. The van der Waals surface area contributed by atoms with Gasteiger partial charge >= 0.3 is 0 Å². The van der Waals surface area contributed by atoms with Gasteiger partial charge in [0.15, 0.2) is 0 Å². The van der Waals surface area contributed by atoms with E-state index in [1.165, 1.54) is 6.07 Å². The average molecular weight is 260 g/mol. The van der Waals surface area contributed by atoms with Crippen LogP contribution in [0.2, 0.25) is 0 Å². The topological polar surface area (TPSA) is 47.3 Å². The molecule has 0 saturated carbocycles. The van der Waals surface area contributed by atoms with Gasteiger partial charge in [0.1, 0.15) is 11.6 Å². The van der Waals surface area contributed by atoms with Gasteiger partial charge in [0.25, 0.3) is 0 Å². The fraction of sp³-hybridized carbons (Fsp3) is 0.200. The van der Waals surface area contributed by atoms with Gasteiger partial charge in [-0.15, -0.1) is 0 Å². The third-order valence-corrected chi connectivity index (χ3v) is 2.95. The van der Waals surface area contributed by atoms with Crippen LogP contribution in [-0.4, -0.2) is 13.7 Å². The number of hydrogen-bond acceptors (Lipinski definition) is 3. The Morgan fingerprint density at radius 3 is 2.42 bits per heavy atom. The third kappa shape index (κ3) is 3.23. The minimum atomic E-state index is -0.255. The van der Waals surface area contributed by atoms with Crippen LogP contribution in [0.25, 0.3) is 0 Å². The summed E-state index contributed by atoms with van der Waals surface area (Å²) in [6, 6.07) is 13.8. The second-order valence-electron chi connectivity index (χ2n) is 4.18. The highest BCUT2D eigenvalue weighted by atomic mass is 19.1. The molecule has 0 saturated heterocycles. The van der Waals surface area contributed by atoms with Gasteiger partial charge in [-0.3, -0.25) is 0 Å². The van der Waals surface area contributed by atoms with Gasteiger partial charge in [-0.25, -0.2) is 4.39 Å². The van der Waals surface area contributed by atoms with Crippen LogP contribution in [0.4, 0.5) is 10.1 Å². The van der Waals surface area contributed by atoms with E-state index in [4.69, 9.17) is 10.5 Å². The molecule has 2 rings (SSSR count). The molecule has 0 radical (unpaired) electrons. The van der Waals surface area contributed by atoms with Crippen LogP contribution in [0, 0.1) is 5.82 Å². The molecule has 0 bridgehead atoms. The van der Waals surface area contributed by atoms with Crippen molar-refractivity contribution in [3.8, 4) is 5.75 Å². The van der Waals surface area contributed by atoms with Crippen molar-refractivity contribution in [2.75, 3.05) is 19.0 Å². The SMILES string of the molecule is COc1ccc(NC(CN)c2ccccc2F)cc1. The number of hydrogen-bond donors (Lipinski definition) is 2. The maximum atomic E-state index is 13.7. The molecule has 0 amide bonds. The molecule has 0 heterocycles. The van der Waals surface area contributed by atoms with Crippen LogP contribution in [0.5, 0.6) is 5.75 Å². The van der Waals surface area contributed by atoms with E-state index < -0.39 is 0 Å². The van der Waals surface area contributed by atoms with Crippen LogP contribution < -0.4 is 15.8 Å². The molecule has 1 unspecified atom stereocenters. The fourth-order valence-corrected chi connectivity index (χ4v) is 1.91. The summed E-state index contributed by atoms with van der Waals surface area (Å²) < 4.78 is 18.8. The standard InChI is InChI=1S/C15H17FN2O/c1-19-12-8-6-11(7-9-12)18-15(10-17)13-4-2-3-5-14(13)16/h2-9,15,18H,10,17H2,1H3. The summed E-state index contributed by atoms with van der Waals surface area (Å²) in [4.78, 5) is 0. The zero-order valence-electron chi connectivity index (χ0n) is 10.8. The zero-order valence-corrected chi connectivity index (χ0v) is 10.8. The fourth-order valence-electron chi connectivity index (χ4n) is 1.91. The molecular formula is C15H17FN2O. The van der Waals surface area contributed by atoms with Crippen LogP contribution >= 0.6 is 0 Å². The Morgan fingerprint density at radius 1 is 1.16 bits per heavy atom. The molecule has 0 aromatic heterocycles. The predicted molar refractivity (Wildman–Crippen MR) is 74.8 cm³/mol. The molecule has 3 nitrogen and oxygen atoms in total. The van der Waals surface area contributed by atoms with Crippen LogP contribution in [0.3, 0.4) is 0 Å². The molecule has 19 heavy (non-hydrogen) atoms. The number of rotatable bonds is 5. The van der Waals surface area contributed by atoms with Gasteiger partial charge in [-0.1, -0.05) is 18.2 Å². The van der Waals surface area contributed by atoms with Crippen molar-refractivity contribution in [3.63, 3.8) is 0 Å². The molecule has 100 valence electrons. The Kier molecular flexibility index (Phi) is 4.36. The molecule has 2 aromatic carbocycles. The van der Waals surface area contributed by atoms with E-state index in [0.717, 1.165) is 11.4 Å². The number of ether oxygens (including phenoxy) is 1. The summed E-state index contributed by atoms with van der Waals surface area (Å²) in [5.41, 5.74) is 7.17. The molecule has 2 aromatic rings. The van der Waals surface area contributed by atoms with Crippen molar-refractivity contribution in [3.05, 3.63) is 59.9 Å². The van der Waals surface area contributed by atoms with E-state index in [0.29, 0.717) is 12.1 Å². The first-order valence-electron chi connectivity index (χ1n) is 6.09. The summed E-state index contributed by atoms with van der Waals surface area (Å²) >= 11 is 0. The minimum Gasteiger partial charge on any atom is -0.497 e. The summed E-state index contributed by atoms with van der Waals surface area (Å²) in [5.74, 6) is 0.528. The summed E-state index contributed by atoms with van der Waals surface area (Å²) in [6.07, 6.45) is 0. The van der Waals surface area contributed by atoms with Crippen molar-refractivity contribution < 1.29 is 9.13 Å². The van der Waals surface area contributed by atoms with Crippen molar-refractivity contribution in [1.82, 2.24) is 0 Å². The van der Waals surface area contributed by atoms with Gasteiger partial charge < -0.3 is 15.8 Å². The lowest BCUT2D eigenvalue weighted by Crippen LogP contribution is -2.21. The second-order valence-corrected chi connectivity index (χ2v) is 4.18. The van der Waals surface area contributed by atoms with Crippen LogP contribution in [-0.2, 0) is 0 Å². The molecule has 0 aliphatic rings. The van der Waals surface area contributed by atoms with Crippen molar-refractivity contribution >= 4 is 5.69 Å². The second kappa shape index (κ2) is 6.20. The van der Waals surface area contributed by atoms with Gasteiger partial charge in [0.2, 0.25) is 0 Å². The summed E-state index contributed by atoms with van der Waals surface area (Å²) in [6.45, 7) is 0.312. The van der Waals surface area contributed by atoms with E-state index in [2.05, 4.69) is 5.32 Å². The number of halogens is 1. The third-order valence-electron chi connectivity index (χ3n) is 2.95. The van der Waals surface area contributed by atoms with E-state index >= 15 is 0 Å². The highest BCUT2D eigenvalue weighted by molar-refractivity contribution is 5.48. The minimum absolute atomic E-state index is 0.251. The first-order chi connectivity index (χ1) is 9.24. The monoisotopic (exact) mass is 260 g/mol. The summed E-state index contributed by atoms with van der Waals surface area (Å²) in [5, 5.41) is 3.22. The lowest BCUT2D eigenvalue weighted by molar-refractivity contribution is 0.415. The van der Waals surface area contributed by atoms with Crippen molar-refractivity contribution in [2.45, 2.75) is 6.04 Å². The Morgan fingerprint density at radius 2 is 1.84 bits per heavy atom. The number of nitrogens with two attached hydrogens (primary N) is 1. The number of anilines is 1. The lowest BCUT2D eigenvalue weighted by Gasteiger charge is -2.19. The number of methoxy groups -OCH3 is 1. The molecule has 0 spiro atoms. The highest BCUT2D eigenvalue weighted by Gasteiger charge is 2.13. The first-order valence-corrected chi connectivity index (χ1v) is 6.09. The molecule has 3 N–H and O–H groups in total. The summed E-state index contributed by atoms with van der Waals surface area (Å²) in [7, 11) is 1.62. The molecule has 0 fully saturated rings. The van der Waals surface area contributed by atoms with Crippen LogP contribution in [0.15, 0.2) is 48.5 Å². The Labute approximate surface area is 112 Å². The normalized spacial score (nSPS) is 11.9. The average Bonchev–Trinajstić information content (AvgIpc) is 2.46. The zero-order chi connectivity index (χ0) is 13.7. The number of nitrogens with one attached hydrogen (secondary N) is 1. The van der Waals surface area contributed by atoms with Gasteiger partial charge in [0, 0.05) is 17.8 Å². The van der Waals surface area contributed by atoms with Crippen molar-refractivity contribution in [2.24, 2.45) is 5.73 Å². The molecule has 4 heteroatoms. The predicted octanol–water partition coefficient (Wildman–Crippen LogP) is 2.95. The van der Waals surface area contributed by atoms with Gasteiger partial charge in [-0.05, 0) is 30.3 Å². The van der Waals surface area contributed by atoms with Gasteiger partial charge in [-0.2, -0.15) is 0 Å². The molecular weight excluding hydrogens is 243 g/mol. The highest BCUT2D eigenvalue weighted by Crippen LogP contribution is 2.22. The largest absolute Gasteiger partial charge is 0.497 e. The van der Waals surface area contributed by atoms with E-state index in [9.17, 15) is 4.39 Å². The Bertz CT molecular complexity index is 528. The van der Waals surface area contributed by atoms with E-state index in [1.807, 2.05) is 24.3 Å². The maximum absolute atomic E-state index is 13.7. The Balaban J connectivity index is 2.17. The van der Waals surface area contributed by atoms with Crippen molar-refractivity contribution in [1.29, 1.82) is 0 Å². The van der Waals surface area contributed by atoms with Crippen LogP contribution in [0.1, 0.15) is 11.6 Å². The van der Waals surface area contributed by atoms with Gasteiger partial charge in [0.05, 0.1) is 13.2 Å². The molecule has 0 aliphatic heterocycles.